The van der Waals surface area contributed by atoms with Crippen molar-refractivity contribution in [2.24, 2.45) is 0 Å². The fourth-order valence-electron chi connectivity index (χ4n) is 3.26. The van der Waals surface area contributed by atoms with Gasteiger partial charge in [0.15, 0.2) is 0 Å². The minimum Gasteiger partial charge on any atom is -0.386 e. The van der Waals surface area contributed by atoms with Gasteiger partial charge in [-0.2, -0.15) is 0 Å². The first-order valence-electron chi connectivity index (χ1n) is 7.78. The molecule has 0 fully saturated rings. The Kier molecular flexibility index (Phi) is 3.58. The van der Waals surface area contributed by atoms with E-state index >= 15 is 0 Å². The predicted molar refractivity (Wildman–Crippen MR) is 86.3 cm³/mol. The molecule has 2 nitrogen and oxygen atoms in total. The Morgan fingerprint density at radius 2 is 1.71 bits per heavy atom. The van der Waals surface area contributed by atoms with Gasteiger partial charge in [-0.05, 0) is 69.7 Å². The van der Waals surface area contributed by atoms with Gasteiger partial charge in [-0.15, -0.1) is 0 Å². The summed E-state index contributed by atoms with van der Waals surface area (Å²) in [5, 5.41) is 10.1. The second-order valence-corrected chi connectivity index (χ2v) is 6.58. The number of hydrogen-bond donors (Lipinski definition) is 1. The molecule has 0 saturated carbocycles. The molecule has 0 amide bonds. The van der Waals surface area contributed by atoms with Crippen molar-refractivity contribution in [3.63, 3.8) is 0 Å². The van der Waals surface area contributed by atoms with Gasteiger partial charge in [-0.25, -0.2) is 0 Å². The second-order valence-electron chi connectivity index (χ2n) is 6.58. The molecule has 21 heavy (non-hydrogen) atoms. The third-order valence-corrected chi connectivity index (χ3v) is 4.39. The predicted octanol–water partition coefficient (Wildman–Crippen LogP) is 4.16. The Labute approximate surface area is 126 Å². The lowest BCUT2D eigenvalue weighted by Gasteiger charge is -2.20. The molecule has 0 saturated heterocycles. The minimum atomic E-state index is -0.842. The highest BCUT2D eigenvalue weighted by Crippen LogP contribution is 2.29. The van der Waals surface area contributed by atoms with E-state index in [0.29, 0.717) is 0 Å². The van der Waals surface area contributed by atoms with Gasteiger partial charge < -0.3 is 5.11 Å². The maximum atomic E-state index is 10.1. The van der Waals surface area contributed by atoms with Crippen LogP contribution in [0.2, 0.25) is 0 Å². The fourth-order valence-corrected chi connectivity index (χ4v) is 3.26. The lowest BCUT2D eigenvalue weighted by atomic mass is 9.89. The molecule has 1 N–H and O–H groups in total. The van der Waals surface area contributed by atoms with Crippen molar-refractivity contribution in [2.45, 2.75) is 52.1 Å². The zero-order valence-electron chi connectivity index (χ0n) is 13.1. The van der Waals surface area contributed by atoms with Gasteiger partial charge in [0, 0.05) is 16.8 Å². The van der Waals surface area contributed by atoms with Crippen LogP contribution in [0, 0.1) is 6.92 Å². The molecule has 1 heterocycles. The van der Waals surface area contributed by atoms with E-state index in [1.807, 2.05) is 19.1 Å². The van der Waals surface area contributed by atoms with Gasteiger partial charge in [0.1, 0.15) is 0 Å². The summed E-state index contributed by atoms with van der Waals surface area (Å²) in [6.45, 7) is 5.57. The van der Waals surface area contributed by atoms with Crippen LogP contribution in [0.15, 0.2) is 30.3 Å². The van der Waals surface area contributed by atoms with Gasteiger partial charge in [0.05, 0.1) is 11.3 Å². The number of aromatic nitrogens is 1. The average Bonchev–Trinajstić information content (AvgIpc) is 2.45. The van der Waals surface area contributed by atoms with Crippen molar-refractivity contribution in [1.29, 1.82) is 0 Å². The largest absolute Gasteiger partial charge is 0.386 e. The SMILES string of the molecule is Cc1nc(-c2ccc3c(c2)CCCC3)ccc1C(C)(C)O. The summed E-state index contributed by atoms with van der Waals surface area (Å²) in [4.78, 5) is 4.70. The Morgan fingerprint density at radius 3 is 2.38 bits per heavy atom. The molecule has 0 radical (unpaired) electrons. The summed E-state index contributed by atoms with van der Waals surface area (Å²) >= 11 is 0. The van der Waals surface area contributed by atoms with Crippen LogP contribution in [0.25, 0.3) is 11.3 Å². The van der Waals surface area contributed by atoms with E-state index in [-0.39, 0.29) is 0 Å². The molecule has 1 aliphatic carbocycles. The molecule has 0 aliphatic heterocycles. The molecule has 1 aliphatic rings. The third-order valence-electron chi connectivity index (χ3n) is 4.39. The van der Waals surface area contributed by atoms with E-state index in [1.165, 1.54) is 42.4 Å². The first-order valence-corrected chi connectivity index (χ1v) is 7.78. The molecular weight excluding hydrogens is 258 g/mol. The summed E-state index contributed by atoms with van der Waals surface area (Å²) < 4.78 is 0. The third kappa shape index (κ3) is 2.86. The highest BCUT2D eigenvalue weighted by molar-refractivity contribution is 5.62. The van der Waals surface area contributed by atoms with Crippen molar-refractivity contribution >= 4 is 0 Å². The van der Waals surface area contributed by atoms with Crippen LogP contribution in [-0.2, 0) is 18.4 Å². The maximum Gasteiger partial charge on any atom is 0.0857 e. The van der Waals surface area contributed by atoms with Gasteiger partial charge >= 0.3 is 0 Å². The Balaban J connectivity index is 1.99. The molecule has 110 valence electrons. The van der Waals surface area contributed by atoms with E-state index in [2.05, 4.69) is 18.2 Å². The van der Waals surface area contributed by atoms with Crippen LogP contribution in [0.5, 0.6) is 0 Å². The number of nitrogens with zero attached hydrogens (tertiary/aromatic N) is 1. The van der Waals surface area contributed by atoms with Crippen molar-refractivity contribution in [3.05, 3.63) is 52.7 Å². The first-order chi connectivity index (χ1) is 9.95. The number of pyridine rings is 1. The molecule has 3 rings (SSSR count). The Morgan fingerprint density at radius 1 is 1.00 bits per heavy atom. The maximum absolute atomic E-state index is 10.1. The number of fused-ring (bicyclic) bond motifs is 1. The van der Waals surface area contributed by atoms with E-state index in [0.717, 1.165) is 17.0 Å². The number of hydrogen-bond acceptors (Lipinski definition) is 2. The first kappa shape index (κ1) is 14.3. The van der Waals surface area contributed by atoms with E-state index in [9.17, 15) is 5.11 Å². The van der Waals surface area contributed by atoms with Crippen molar-refractivity contribution in [3.8, 4) is 11.3 Å². The topological polar surface area (TPSA) is 33.1 Å². The lowest BCUT2D eigenvalue weighted by Crippen LogP contribution is -2.17. The van der Waals surface area contributed by atoms with Gasteiger partial charge in [-0.1, -0.05) is 18.2 Å². The molecular formula is C19H23NO. The number of aryl methyl sites for hydroxylation is 3. The normalized spacial score (nSPS) is 14.9. The Hall–Kier alpha value is -1.67. The monoisotopic (exact) mass is 281 g/mol. The van der Waals surface area contributed by atoms with Crippen molar-refractivity contribution in [1.82, 2.24) is 4.98 Å². The Bertz CT molecular complexity index is 668. The number of aliphatic hydroxyl groups is 1. The standard InChI is InChI=1S/C19H23NO/c1-13-17(19(2,3)21)10-11-18(20-13)16-9-8-14-6-4-5-7-15(14)12-16/h8-12,21H,4-7H2,1-3H3. The second kappa shape index (κ2) is 5.27. The van der Waals surface area contributed by atoms with Crippen LogP contribution in [0.3, 0.4) is 0 Å². The summed E-state index contributed by atoms with van der Waals surface area (Å²) in [7, 11) is 0. The molecule has 0 atom stereocenters. The van der Waals surface area contributed by atoms with Crippen LogP contribution in [0.4, 0.5) is 0 Å². The van der Waals surface area contributed by atoms with Crippen LogP contribution >= 0.6 is 0 Å². The molecule has 2 heteroatoms. The molecule has 0 spiro atoms. The summed E-state index contributed by atoms with van der Waals surface area (Å²) in [6, 6.07) is 10.7. The molecule has 2 aromatic rings. The van der Waals surface area contributed by atoms with Crippen molar-refractivity contribution < 1.29 is 5.11 Å². The number of benzene rings is 1. The summed E-state index contributed by atoms with van der Waals surface area (Å²) in [5.41, 5.74) is 6.10. The molecule has 1 aromatic heterocycles. The quantitative estimate of drug-likeness (QED) is 0.896. The lowest BCUT2D eigenvalue weighted by molar-refractivity contribution is 0.0775. The van der Waals surface area contributed by atoms with E-state index < -0.39 is 5.60 Å². The van der Waals surface area contributed by atoms with Crippen LogP contribution in [-0.4, -0.2) is 10.1 Å². The average molecular weight is 281 g/mol. The molecule has 0 bridgehead atoms. The van der Waals surface area contributed by atoms with E-state index in [1.54, 1.807) is 13.8 Å². The minimum absolute atomic E-state index is 0.842. The smallest absolute Gasteiger partial charge is 0.0857 e. The number of rotatable bonds is 2. The van der Waals surface area contributed by atoms with Gasteiger partial charge in [-0.3, -0.25) is 4.98 Å². The summed E-state index contributed by atoms with van der Waals surface area (Å²) in [5.74, 6) is 0. The van der Waals surface area contributed by atoms with Crippen LogP contribution < -0.4 is 0 Å². The van der Waals surface area contributed by atoms with Crippen LogP contribution in [0.1, 0.15) is 49.1 Å². The molecule has 1 aromatic carbocycles. The highest BCUT2D eigenvalue weighted by atomic mass is 16.3. The zero-order chi connectivity index (χ0) is 15.0. The highest BCUT2D eigenvalue weighted by Gasteiger charge is 2.19. The zero-order valence-corrected chi connectivity index (χ0v) is 13.1. The van der Waals surface area contributed by atoms with Crippen molar-refractivity contribution in [2.75, 3.05) is 0 Å². The van der Waals surface area contributed by atoms with Gasteiger partial charge in [0.25, 0.3) is 0 Å². The van der Waals surface area contributed by atoms with E-state index in [4.69, 9.17) is 4.98 Å². The summed E-state index contributed by atoms with van der Waals surface area (Å²) in [6.07, 6.45) is 4.99. The molecule has 0 unspecified atom stereocenters. The fraction of sp³-hybridized carbons (Fsp3) is 0.421. The van der Waals surface area contributed by atoms with Gasteiger partial charge in [0.2, 0.25) is 0 Å².